The summed E-state index contributed by atoms with van der Waals surface area (Å²) in [5, 5.41) is 2.78. The maximum atomic E-state index is 11.7. The van der Waals surface area contributed by atoms with Crippen molar-refractivity contribution in [1.29, 1.82) is 0 Å². The van der Waals surface area contributed by atoms with Crippen LogP contribution in [0.4, 0.5) is 0 Å². The standard InChI is InChI=1S/C15H23NO4/c1-15(19-3,12-18-2)11-16-14(17)10-20-9-13-7-5-4-6-8-13/h4-8H,9-12H2,1-3H3,(H,16,17). The number of methoxy groups -OCH3 is 2. The van der Waals surface area contributed by atoms with Crippen molar-refractivity contribution in [2.24, 2.45) is 0 Å². The summed E-state index contributed by atoms with van der Waals surface area (Å²) in [6.45, 7) is 3.12. The largest absolute Gasteiger partial charge is 0.382 e. The first kappa shape index (κ1) is 16.6. The second-order valence-electron chi connectivity index (χ2n) is 4.84. The highest BCUT2D eigenvalue weighted by molar-refractivity contribution is 5.77. The molecule has 1 rings (SSSR count). The Bertz CT molecular complexity index is 396. The fraction of sp³-hybridized carbons (Fsp3) is 0.533. The molecule has 0 fully saturated rings. The first-order valence-corrected chi connectivity index (χ1v) is 6.52. The lowest BCUT2D eigenvalue weighted by Crippen LogP contribution is -2.46. The normalized spacial score (nSPS) is 13.8. The summed E-state index contributed by atoms with van der Waals surface area (Å²) in [6, 6.07) is 9.73. The van der Waals surface area contributed by atoms with Crippen LogP contribution in [0.3, 0.4) is 0 Å². The number of hydrogen-bond acceptors (Lipinski definition) is 4. The van der Waals surface area contributed by atoms with Gasteiger partial charge in [-0.05, 0) is 12.5 Å². The van der Waals surface area contributed by atoms with E-state index in [1.54, 1.807) is 14.2 Å². The second kappa shape index (κ2) is 8.68. The number of carbonyl (C=O) groups excluding carboxylic acids is 1. The number of carbonyl (C=O) groups is 1. The maximum Gasteiger partial charge on any atom is 0.246 e. The van der Waals surface area contributed by atoms with Gasteiger partial charge in [0.2, 0.25) is 5.91 Å². The Hall–Kier alpha value is -1.43. The van der Waals surface area contributed by atoms with E-state index in [9.17, 15) is 4.79 Å². The lowest BCUT2D eigenvalue weighted by atomic mass is 10.1. The summed E-state index contributed by atoms with van der Waals surface area (Å²) in [6.07, 6.45) is 0. The van der Waals surface area contributed by atoms with E-state index in [0.29, 0.717) is 19.8 Å². The Morgan fingerprint density at radius 2 is 1.95 bits per heavy atom. The van der Waals surface area contributed by atoms with Crippen LogP contribution in [0.1, 0.15) is 12.5 Å². The summed E-state index contributed by atoms with van der Waals surface area (Å²) in [5.74, 6) is -0.166. The van der Waals surface area contributed by atoms with Crippen molar-refractivity contribution in [3.63, 3.8) is 0 Å². The summed E-state index contributed by atoms with van der Waals surface area (Å²) in [4.78, 5) is 11.7. The molecule has 0 aliphatic heterocycles. The number of hydrogen-bond donors (Lipinski definition) is 1. The Kier molecular flexibility index (Phi) is 7.22. The highest BCUT2D eigenvalue weighted by atomic mass is 16.5. The smallest absolute Gasteiger partial charge is 0.246 e. The number of ether oxygens (including phenoxy) is 3. The van der Waals surface area contributed by atoms with Gasteiger partial charge in [0.1, 0.15) is 12.2 Å². The van der Waals surface area contributed by atoms with Crippen LogP contribution in [-0.4, -0.2) is 45.5 Å². The van der Waals surface area contributed by atoms with Gasteiger partial charge in [0, 0.05) is 20.8 Å². The fourth-order valence-corrected chi connectivity index (χ4v) is 1.66. The minimum absolute atomic E-state index is 0.0294. The van der Waals surface area contributed by atoms with Crippen LogP contribution in [0.5, 0.6) is 0 Å². The van der Waals surface area contributed by atoms with Crippen LogP contribution in [-0.2, 0) is 25.6 Å². The molecule has 5 heteroatoms. The van der Waals surface area contributed by atoms with Gasteiger partial charge in [-0.1, -0.05) is 30.3 Å². The molecule has 1 N–H and O–H groups in total. The molecular weight excluding hydrogens is 258 g/mol. The molecule has 0 bridgehead atoms. The van der Waals surface area contributed by atoms with Crippen molar-refractivity contribution in [2.75, 3.05) is 34.0 Å². The van der Waals surface area contributed by atoms with Crippen molar-refractivity contribution in [2.45, 2.75) is 19.1 Å². The zero-order valence-electron chi connectivity index (χ0n) is 12.3. The number of rotatable bonds is 9. The van der Waals surface area contributed by atoms with Crippen molar-refractivity contribution in [3.05, 3.63) is 35.9 Å². The topological polar surface area (TPSA) is 56.8 Å². The molecule has 1 amide bonds. The molecule has 0 radical (unpaired) electrons. The van der Waals surface area contributed by atoms with Gasteiger partial charge in [0.05, 0.1) is 13.2 Å². The van der Waals surface area contributed by atoms with Gasteiger partial charge in [-0.3, -0.25) is 4.79 Å². The second-order valence-corrected chi connectivity index (χ2v) is 4.84. The van der Waals surface area contributed by atoms with E-state index in [4.69, 9.17) is 14.2 Å². The van der Waals surface area contributed by atoms with E-state index in [-0.39, 0.29) is 12.5 Å². The number of nitrogens with one attached hydrogen (secondary N) is 1. The maximum absolute atomic E-state index is 11.7. The zero-order valence-corrected chi connectivity index (χ0v) is 12.3. The van der Waals surface area contributed by atoms with E-state index in [1.165, 1.54) is 0 Å². The highest BCUT2D eigenvalue weighted by Gasteiger charge is 2.24. The lowest BCUT2D eigenvalue weighted by molar-refractivity contribution is -0.128. The lowest BCUT2D eigenvalue weighted by Gasteiger charge is -2.27. The van der Waals surface area contributed by atoms with E-state index >= 15 is 0 Å². The third-order valence-corrected chi connectivity index (χ3v) is 2.95. The average molecular weight is 281 g/mol. The number of benzene rings is 1. The highest BCUT2D eigenvalue weighted by Crippen LogP contribution is 2.07. The summed E-state index contributed by atoms with van der Waals surface area (Å²) < 4.78 is 15.7. The molecule has 0 saturated carbocycles. The van der Waals surface area contributed by atoms with E-state index in [0.717, 1.165) is 5.56 Å². The molecule has 1 aromatic rings. The molecule has 0 spiro atoms. The van der Waals surface area contributed by atoms with Gasteiger partial charge in [-0.15, -0.1) is 0 Å². The van der Waals surface area contributed by atoms with Crippen LogP contribution in [0.2, 0.25) is 0 Å². The van der Waals surface area contributed by atoms with E-state index < -0.39 is 5.60 Å². The fourth-order valence-electron chi connectivity index (χ4n) is 1.66. The van der Waals surface area contributed by atoms with Gasteiger partial charge in [-0.2, -0.15) is 0 Å². The third kappa shape index (κ3) is 6.14. The Labute approximate surface area is 120 Å². The van der Waals surface area contributed by atoms with Gasteiger partial charge in [0.15, 0.2) is 0 Å². The molecular formula is C15H23NO4. The molecule has 1 unspecified atom stereocenters. The number of amides is 1. The van der Waals surface area contributed by atoms with Crippen molar-refractivity contribution >= 4 is 5.91 Å². The molecule has 0 aromatic heterocycles. The molecule has 20 heavy (non-hydrogen) atoms. The predicted octanol–water partition coefficient (Wildman–Crippen LogP) is 1.37. The summed E-state index contributed by atoms with van der Waals surface area (Å²) in [7, 11) is 3.19. The minimum Gasteiger partial charge on any atom is -0.382 e. The molecule has 1 aromatic carbocycles. The first-order valence-electron chi connectivity index (χ1n) is 6.52. The third-order valence-electron chi connectivity index (χ3n) is 2.95. The summed E-state index contributed by atoms with van der Waals surface area (Å²) in [5.41, 5.74) is 0.519. The van der Waals surface area contributed by atoms with Gasteiger partial charge >= 0.3 is 0 Å². The van der Waals surface area contributed by atoms with Gasteiger partial charge in [0.25, 0.3) is 0 Å². The van der Waals surface area contributed by atoms with Gasteiger partial charge in [-0.25, -0.2) is 0 Å². The van der Waals surface area contributed by atoms with E-state index in [2.05, 4.69) is 5.32 Å². The Morgan fingerprint density at radius 1 is 1.25 bits per heavy atom. The SMILES string of the molecule is COCC(C)(CNC(=O)COCc1ccccc1)OC. The van der Waals surface area contributed by atoms with Gasteiger partial charge < -0.3 is 19.5 Å². The molecule has 5 nitrogen and oxygen atoms in total. The molecule has 1 atom stereocenters. The Morgan fingerprint density at radius 3 is 2.55 bits per heavy atom. The zero-order chi connectivity index (χ0) is 14.8. The Balaban J connectivity index is 2.23. The van der Waals surface area contributed by atoms with E-state index in [1.807, 2.05) is 37.3 Å². The first-order chi connectivity index (χ1) is 9.59. The van der Waals surface area contributed by atoms with Crippen molar-refractivity contribution in [3.8, 4) is 0 Å². The van der Waals surface area contributed by atoms with Crippen molar-refractivity contribution < 1.29 is 19.0 Å². The molecule has 0 aliphatic rings. The monoisotopic (exact) mass is 281 g/mol. The quantitative estimate of drug-likeness (QED) is 0.743. The van der Waals surface area contributed by atoms with Crippen molar-refractivity contribution in [1.82, 2.24) is 5.32 Å². The molecule has 112 valence electrons. The average Bonchev–Trinajstić information content (AvgIpc) is 2.47. The van der Waals surface area contributed by atoms with Crippen LogP contribution in [0.15, 0.2) is 30.3 Å². The van der Waals surface area contributed by atoms with Crippen LogP contribution in [0, 0.1) is 0 Å². The molecule has 0 saturated heterocycles. The summed E-state index contributed by atoms with van der Waals surface area (Å²) >= 11 is 0. The van der Waals surface area contributed by atoms with Crippen LogP contribution in [0.25, 0.3) is 0 Å². The van der Waals surface area contributed by atoms with Crippen LogP contribution < -0.4 is 5.32 Å². The van der Waals surface area contributed by atoms with Crippen LogP contribution >= 0.6 is 0 Å². The molecule has 0 aliphatic carbocycles. The predicted molar refractivity (Wildman–Crippen MR) is 76.4 cm³/mol. The molecule has 0 heterocycles. The minimum atomic E-state index is -0.524.